The summed E-state index contributed by atoms with van der Waals surface area (Å²) < 4.78 is 95.6. The number of aromatic nitrogens is 1. The van der Waals surface area contributed by atoms with Crippen LogP contribution in [0.5, 0.6) is 11.5 Å². The van der Waals surface area contributed by atoms with Gasteiger partial charge >= 0.3 is 0 Å². The Labute approximate surface area is 414 Å². The van der Waals surface area contributed by atoms with Gasteiger partial charge in [0.25, 0.3) is 0 Å². The molecule has 0 N–H and O–H groups in total. The van der Waals surface area contributed by atoms with Crippen molar-refractivity contribution in [1.29, 1.82) is 0 Å². The molecular weight excluding hydrogens is 992 g/mol. The van der Waals surface area contributed by atoms with Crippen molar-refractivity contribution in [3.05, 3.63) is 200 Å². The zero-order valence-electron chi connectivity index (χ0n) is 47.5. The molecule has 0 unspecified atom stereocenters. The number of ether oxygens (including phenoxy) is 1. The molecule has 7 aromatic carbocycles. The fraction of sp³-hybridized carbons (Fsp3) is 0.172. The molecule has 65 heavy (non-hydrogen) atoms. The maximum atomic E-state index is 9.25. The molecule has 0 spiro atoms. The molecule has 0 fully saturated rings. The summed E-state index contributed by atoms with van der Waals surface area (Å²) in [4.78, 5) is 10.8. The van der Waals surface area contributed by atoms with Crippen LogP contribution in [0.4, 0.5) is 39.9 Å². The summed E-state index contributed by atoms with van der Waals surface area (Å²) >= 11 is 0. The average Bonchev–Trinajstić information content (AvgIpc) is 3.78. The average molecular weight is 1060 g/mol. The number of fused-ring (bicyclic) bond motifs is 3. The predicted octanol–water partition coefficient (Wildman–Crippen LogP) is 14.4. The summed E-state index contributed by atoms with van der Waals surface area (Å²) in [6, 6.07) is 35.4. The van der Waals surface area contributed by atoms with Crippen LogP contribution in [0.3, 0.4) is 0 Å². The van der Waals surface area contributed by atoms with Crippen LogP contribution in [0.2, 0.25) is 13.1 Å². The smallest absolute Gasteiger partial charge is 0.135 e. The van der Waals surface area contributed by atoms with Gasteiger partial charge in [-0.15, -0.1) is 47.9 Å². The van der Waals surface area contributed by atoms with E-state index in [1.165, 1.54) is 10.4 Å². The van der Waals surface area contributed by atoms with Crippen molar-refractivity contribution in [1.82, 2.24) is 4.98 Å². The second-order valence-corrected chi connectivity index (χ2v) is 23.1. The van der Waals surface area contributed by atoms with Gasteiger partial charge in [-0.3, -0.25) is 0 Å². The molecule has 0 radical (unpaired) electrons. The SMILES string of the molecule is [2H]c1c([2H])c([2H])c(-c2cc(C(C)(C)C)cc(-c3c([2H])c([2H])c([2H])c([2H])c3[2H])c2N2[CH-]N(c3[c-]c(Oc4[c-]c5c(cc4)[Si](C)(C)c4ccccc4N5c4cc(C(C)(C)C)ccn4)ccc3)c3ccccc32)c([2H])c1[2H].[Pt]. The number of anilines is 7. The van der Waals surface area contributed by atoms with E-state index in [0.29, 0.717) is 34.1 Å². The Morgan fingerprint density at radius 1 is 0.600 bits per heavy atom. The van der Waals surface area contributed by atoms with Gasteiger partial charge in [-0.05, 0) is 80.7 Å². The summed E-state index contributed by atoms with van der Waals surface area (Å²) in [5, 5.41) is 2.48. The predicted molar refractivity (Wildman–Crippen MR) is 270 cm³/mol. The number of rotatable bonds is 7. The molecular formula is C58H53N4OPtSi-3. The topological polar surface area (TPSA) is 31.8 Å². The van der Waals surface area contributed by atoms with E-state index in [2.05, 4.69) is 93.4 Å². The molecule has 0 bridgehead atoms. The number of para-hydroxylation sites is 3. The first-order valence-electron chi connectivity index (χ1n) is 26.4. The molecule has 1 aromatic heterocycles. The van der Waals surface area contributed by atoms with E-state index in [1.54, 1.807) is 23.7 Å². The molecule has 0 amide bonds. The van der Waals surface area contributed by atoms with Crippen molar-refractivity contribution in [2.45, 2.75) is 65.5 Å². The van der Waals surface area contributed by atoms with E-state index >= 15 is 0 Å². The molecule has 8 aromatic rings. The van der Waals surface area contributed by atoms with Crippen LogP contribution < -0.4 is 29.8 Å². The Kier molecular flexibility index (Phi) is 8.70. The van der Waals surface area contributed by atoms with E-state index in [1.807, 2.05) is 80.4 Å². The second-order valence-electron chi connectivity index (χ2n) is 18.7. The van der Waals surface area contributed by atoms with E-state index in [4.69, 9.17) is 17.9 Å². The minimum atomic E-state index is -2.24. The van der Waals surface area contributed by atoms with Crippen LogP contribution in [-0.4, -0.2) is 13.1 Å². The molecule has 0 aliphatic carbocycles. The van der Waals surface area contributed by atoms with Crippen molar-refractivity contribution in [3.8, 4) is 33.8 Å². The van der Waals surface area contributed by atoms with Crippen molar-refractivity contribution in [2.75, 3.05) is 14.7 Å². The quantitative estimate of drug-likeness (QED) is 0.117. The van der Waals surface area contributed by atoms with Crippen molar-refractivity contribution in [3.63, 3.8) is 0 Å². The van der Waals surface area contributed by atoms with Crippen LogP contribution in [0.25, 0.3) is 22.3 Å². The number of pyridine rings is 1. The third kappa shape index (κ3) is 8.13. The van der Waals surface area contributed by atoms with Gasteiger partial charge in [0.15, 0.2) is 0 Å². The minimum absolute atomic E-state index is 0. The Balaban J connectivity index is 0.00000689. The van der Waals surface area contributed by atoms with E-state index in [0.717, 1.165) is 22.8 Å². The van der Waals surface area contributed by atoms with Crippen LogP contribution in [0.1, 0.15) is 66.4 Å². The molecule has 10 rings (SSSR count). The fourth-order valence-electron chi connectivity index (χ4n) is 8.63. The van der Waals surface area contributed by atoms with Crippen molar-refractivity contribution in [2.24, 2.45) is 0 Å². The Morgan fingerprint density at radius 2 is 1.18 bits per heavy atom. The van der Waals surface area contributed by atoms with E-state index < -0.39 is 73.9 Å². The van der Waals surface area contributed by atoms with Gasteiger partial charge in [0.1, 0.15) is 5.82 Å². The summed E-state index contributed by atoms with van der Waals surface area (Å²) in [5.41, 5.74) is 5.24. The fourth-order valence-corrected chi connectivity index (χ4v) is 11.5. The molecule has 2 aliphatic rings. The number of hydrogen-bond acceptors (Lipinski definition) is 5. The Morgan fingerprint density at radius 3 is 1.82 bits per heavy atom. The number of benzene rings is 7. The summed E-state index contributed by atoms with van der Waals surface area (Å²) in [6.07, 6.45) is 1.86. The molecule has 0 atom stereocenters. The first-order valence-corrected chi connectivity index (χ1v) is 24.4. The molecule has 2 aliphatic heterocycles. The third-order valence-corrected chi connectivity index (χ3v) is 15.6. The summed E-state index contributed by atoms with van der Waals surface area (Å²) in [5.74, 6) is 1.64. The minimum Gasteiger partial charge on any atom is -0.509 e. The normalized spacial score (nSPS) is 16.2. The Bertz CT molecular complexity index is 3490. The zero-order chi connectivity index (χ0) is 53.1. The maximum Gasteiger partial charge on any atom is 0.135 e. The summed E-state index contributed by atoms with van der Waals surface area (Å²) in [7, 11) is -2.24. The first kappa shape index (κ1) is 33.3. The van der Waals surface area contributed by atoms with Crippen molar-refractivity contribution < 1.29 is 39.5 Å². The number of hydrogen-bond donors (Lipinski definition) is 0. The van der Waals surface area contributed by atoms with Gasteiger partial charge in [-0.1, -0.05) is 151 Å². The standard InChI is InChI=1S/C58H53N4OSi.Pt/c1-57(2,3)42-32-33-59-55(36-42)62-51-28-17-18-29-53(51)64(7,8)54-31-30-46(38-52(54)62)63-45-25-19-24-44(37-45)60-39-61(50-27-16-15-26-49(50)60)56-47(40-20-11-9-12-21-40)34-43(58(4,5)6)35-48(56)41-22-13-10-14-23-41;/h9-36,39H,1-8H3;/q-3;/i9D,10D,11D,12D,13D,14D,20D,21D,22D,23D;. The summed E-state index contributed by atoms with van der Waals surface area (Å²) in [6.45, 7) is 18.9. The largest absolute Gasteiger partial charge is 0.509 e. The van der Waals surface area contributed by atoms with Crippen LogP contribution >= 0.6 is 0 Å². The second kappa shape index (κ2) is 17.0. The maximum absolute atomic E-state index is 9.25. The molecule has 5 nitrogen and oxygen atoms in total. The third-order valence-electron chi connectivity index (χ3n) is 12.1. The van der Waals surface area contributed by atoms with Gasteiger partial charge in [-0.25, -0.2) is 4.98 Å². The number of nitrogens with zero attached hydrogens (tertiary/aromatic N) is 4. The molecule has 7 heteroatoms. The van der Waals surface area contributed by atoms with Gasteiger partial charge in [0.05, 0.1) is 21.8 Å². The van der Waals surface area contributed by atoms with Crippen LogP contribution in [0, 0.1) is 18.8 Å². The molecule has 0 saturated carbocycles. The monoisotopic (exact) mass is 1050 g/mol. The van der Waals surface area contributed by atoms with E-state index in [9.17, 15) is 5.48 Å². The van der Waals surface area contributed by atoms with E-state index in [-0.39, 0.29) is 54.4 Å². The van der Waals surface area contributed by atoms with Gasteiger partial charge in [-0.2, -0.15) is 12.1 Å². The molecule has 3 heterocycles. The van der Waals surface area contributed by atoms with Crippen molar-refractivity contribution >= 4 is 58.4 Å². The molecule has 328 valence electrons. The Hall–Kier alpha value is -6.20. The van der Waals surface area contributed by atoms with Crippen LogP contribution in [0.15, 0.2) is 170 Å². The molecule has 0 saturated heterocycles. The van der Waals surface area contributed by atoms with Gasteiger partial charge < -0.3 is 19.4 Å². The first-order chi connectivity index (χ1) is 34.9. The van der Waals surface area contributed by atoms with Crippen LogP contribution in [-0.2, 0) is 31.9 Å². The van der Waals surface area contributed by atoms with Gasteiger partial charge in [0, 0.05) is 72.6 Å². The van der Waals surface area contributed by atoms with Gasteiger partial charge in [0.2, 0.25) is 0 Å². The zero-order valence-corrected chi connectivity index (χ0v) is 40.8.